The second-order valence-corrected chi connectivity index (χ2v) is 5.31. The van der Waals surface area contributed by atoms with Crippen molar-refractivity contribution in [2.75, 3.05) is 13.1 Å². The van der Waals surface area contributed by atoms with Crippen LogP contribution in [0.2, 0.25) is 0 Å². The summed E-state index contributed by atoms with van der Waals surface area (Å²) in [6.45, 7) is 6.74. The maximum atomic E-state index is 6.16. The van der Waals surface area contributed by atoms with Crippen LogP contribution in [0.5, 0.6) is 0 Å². The number of hydrogen-bond acceptors (Lipinski definition) is 3. The third-order valence-corrected chi connectivity index (χ3v) is 3.74. The van der Waals surface area contributed by atoms with Gasteiger partial charge in [-0.05, 0) is 50.4 Å². The van der Waals surface area contributed by atoms with Crippen LogP contribution >= 0.6 is 0 Å². The van der Waals surface area contributed by atoms with Gasteiger partial charge in [0.15, 0.2) is 0 Å². The van der Waals surface area contributed by atoms with Crippen LogP contribution in [0.4, 0.5) is 0 Å². The Morgan fingerprint density at radius 2 is 2.12 bits per heavy atom. The lowest BCUT2D eigenvalue weighted by atomic mass is 9.94. The maximum Gasteiger partial charge on any atom is 0.0511 e. The largest absolute Gasteiger partial charge is 0.326 e. The number of pyridine rings is 1. The average Bonchev–Trinajstić information content (AvgIpc) is 2.33. The van der Waals surface area contributed by atoms with Crippen molar-refractivity contribution in [3.63, 3.8) is 0 Å². The summed E-state index contributed by atoms with van der Waals surface area (Å²) in [6, 6.07) is 4.60. The van der Waals surface area contributed by atoms with Crippen molar-refractivity contribution in [1.82, 2.24) is 9.88 Å². The lowest BCUT2D eigenvalue weighted by Gasteiger charge is -2.38. The maximum absolute atomic E-state index is 6.16. The van der Waals surface area contributed by atoms with Crippen LogP contribution in [0.3, 0.4) is 0 Å². The molecule has 0 saturated carbocycles. The first-order valence-electron chi connectivity index (χ1n) is 6.58. The van der Waals surface area contributed by atoms with Gasteiger partial charge in [-0.1, -0.05) is 13.0 Å². The van der Waals surface area contributed by atoms with E-state index < -0.39 is 0 Å². The van der Waals surface area contributed by atoms with Gasteiger partial charge in [-0.25, -0.2) is 0 Å². The van der Waals surface area contributed by atoms with Gasteiger partial charge in [0, 0.05) is 18.4 Å². The third kappa shape index (κ3) is 3.05. The molecule has 2 unspecified atom stereocenters. The Morgan fingerprint density at radius 1 is 1.41 bits per heavy atom. The van der Waals surface area contributed by atoms with Gasteiger partial charge in [0.25, 0.3) is 0 Å². The van der Waals surface area contributed by atoms with Crippen LogP contribution in [0.25, 0.3) is 0 Å². The lowest BCUT2D eigenvalue weighted by Crippen LogP contribution is -2.43. The molecule has 1 fully saturated rings. The zero-order valence-electron chi connectivity index (χ0n) is 10.8. The quantitative estimate of drug-likeness (QED) is 0.870. The van der Waals surface area contributed by atoms with E-state index in [4.69, 9.17) is 5.73 Å². The number of aromatic nitrogens is 1. The summed E-state index contributed by atoms with van der Waals surface area (Å²) >= 11 is 0. The van der Waals surface area contributed by atoms with E-state index in [9.17, 15) is 0 Å². The van der Waals surface area contributed by atoms with Gasteiger partial charge in [-0.15, -0.1) is 0 Å². The highest BCUT2D eigenvalue weighted by Gasteiger charge is 2.27. The van der Waals surface area contributed by atoms with Crippen molar-refractivity contribution < 1.29 is 0 Å². The zero-order valence-corrected chi connectivity index (χ0v) is 10.8. The Hall–Kier alpha value is -0.930. The summed E-state index contributed by atoms with van der Waals surface area (Å²) in [5.74, 6) is 0.855. The first-order chi connectivity index (χ1) is 8.18. The monoisotopic (exact) mass is 233 g/mol. The van der Waals surface area contributed by atoms with Crippen LogP contribution in [-0.4, -0.2) is 29.0 Å². The molecule has 2 heterocycles. The first kappa shape index (κ1) is 12.5. The van der Waals surface area contributed by atoms with Gasteiger partial charge in [0.1, 0.15) is 0 Å². The summed E-state index contributed by atoms with van der Waals surface area (Å²) in [5, 5.41) is 0. The Bertz CT molecular complexity index is 329. The fourth-order valence-electron chi connectivity index (χ4n) is 2.70. The smallest absolute Gasteiger partial charge is 0.0511 e. The van der Waals surface area contributed by atoms with E-state index in [0.717, 1.165) is 19.0 Å². The van der Waals surface area contributed by atoms with Crippen molar-refractivity contribution >= 4 is 0 Å². The van der Waals surface area contributed by atoms with Crippen molar-refractivity contribution in [2.45, 2.75) is 38.8 Å². The summed E-state index contributed by atoms with van der Waals surface area (Å²) in [7, 11) is 0. The first-order valence-corrected chi connectivity index (χ1v) is 6.58. The van der Waals surface area contributed by atoms with E-state index in [-0.39, 0.29) is 6.04 Å². The molecule has 0 bridgehead atoms. The molecule has 1 aliphatic rings. The number of nitrogens with zero attached hydrogens (tertiary/aromatic N) is 2. The molecule has 1 aromatic heterocycles. The summed E-state index contributed by atoms with van der Waals surface area (Å²) in [6.07, 6.45) is 6.33. The van der Waals surface area contributed by atoms with Gasteiger partial charge in [-0.2, -0.15) is 0 Å². The molecule has 2 atom stereocenters. The number of rotatable bonds is 3. The Kier molecular flexibility index (Phi) is 4.13. The number of nitrogens with two attached hydrogens (primary N) is 1. The second-order valence-electron chi connectivity index (χ2n) is 5.31. The minimum absolute atomic E-state index is 0.146. The molecule has 2 N–H and O–H groups in total. The summed E-state index contributed by atoms with van der Waals surface area (Å²) < 4.78 is 0. The minimum atomic E-state index is 0.146. The lowest BCUT2D eigenvalue weighted by molar-refractivity contribution is 0.123. The molecule has 3 nitrogen and oxygen atoms in total. The highest BCUT2D eigenvalue weighted by molar-refractivity contribution is 5.16. The molecule has 2 rings (SSSR count). The van der Waals surface area contributed by atoms with E-state index in [0.29, 0.717) is 6.04 Å². The van der Waals surface area contributed by atoms with Gasteiger partial charge in [-0.3, -0.25) is 9.88 Å². The van der Waals surface area contributed by atoms with Crippen molar-refractivity contribution in [1.29, 1.82) is 0 Å². The van der Waals surface area contributed by atoms with Crippen molar-refractivity contribution in [3.8, 4) is 0 Å². The molecule has 94 valence electrons. The van der Waals surface area contributed by atoms with Crippen LogP contribution in [0.1, 0.15) is 38.3 Å². The van der Waals surface area contributed by atoms with E-state index in [1.807, 2.05) is 18.5 Å². The zero-order chi connectivity index (χ0) is 12.3. The predicted octanol–water partition coefficient (Wildman–Crippen LogP) is 2.20. The van der Waals surface area contributed by atoms with Crippen LogP contribution < -0.4 is 5.73 Å². The molecular formula is C14H23N3. The van der Waals surface area contributed by atoms with Gasteiger partial charge in [0.05, 0.1) is 6.04 Å². The van der Waals surface area contributed by atoms with E-state index in [1.165, 1.54) is 18.4 Å². The SMILES string of the molecule is CC1CCN(C(c2cccnc2)C(C)N)CC1. The topological polar surface area (TPSA) is 42.2 Å². The summed E-state index contributed by atoms with van der Waals surface area (Å²) in [5.41, 5.74) is 7.41. The summed E-state index contributed by atoms with van der Waals surface area (Å²) in [4.78, 5) is 6.73. The van der Waals surface area contributed by atoms with Gasteiger partial charge < -0.3 is 5.73 Å². The third-order valence-electron chi connectivity index (χ3n) is 3.74. The molecule has 1 saturated heterocycles. The highest BCUT2D eigenvalue weighted by Crippen LogP contribution is 2.28. The standard InChI is InChI=1S/C14H23N3/c1-11-5-8-17(9-6-11)14(12(2)15)13-4-3-7-16-10-13/h3-4,7,10-12,14H,5-6,8-9,15H2,1-2H3. The minimum Gasteiger partial charge on any atom is -0.326 e. The fourth-order valence-corrected chi connectivity index (χ4v) is 2.70. The predicted molar refractivity (Wildman–Crippen MR) is 70.6 cm³/mol. The normalized spacial score (nSPS) is 22.3. The molecule has 0 aromatic carbocycles. The Balaban J connectivity index is 2.13. The van der Waals surface area contributed by atoms with Crippen LogP contribution in [0, 0.1) is 5.92 Å². The van der Waals surface area contributed by atoms with Gasteiger partial charge >= 0.3 is 0 Å². The van der Waals surface area contributed by atoms with E-state index in [2.05, 4.69) is 29.8 Å². The Labute approximate surface area is 104 Å². The van der Waals surface area contributed by atoms with Gasteiger partial charge in [0.2, 0.25) is 0 Å². The molecule has 1 aromatic rings. The van der Waals surface area contributed by atoms with Crippen molar-refractivity contribution in [2.24, 2.45) is 11.7 Å². The molecule has 17 heavy (non-hydrogen) atoms. The van der Waals surface area contributed by atoms with Crippen LogP contribution in [-0.2, 0) is 0 Å². The van der Waals surface area contributed by atoms with Crippen molar-refractivity contribution in [3.05, 3.63) is 30.1 Å². The molecule has 0 radical (unpaired) electrons. The second kappa shape index (κ2) is 5.61. The fraction of sp³-hybridized carbons (Fsp3) is 0.643. The Morgan fingerprint density at radius 3 is 2.65 bits per heavy atom. The average molecular weight is 233 g/mol. The molecule has 3 heteroatoms. The number of likely N-dealkylation sites (tertiary alicyclic amines) is 1. The van der Waals surface area contributed by atoms with Crippen LogP contribution in [0.15, 0.2) is 24.5 Å². The molecule has 1 aliphatic heterocycles. The van der Waals surface area contributed by atoms with E-state index >= 15 is 0 Å². The number of piperidine rings is 1. The molecule has 0 amide bonds. The molecule has 0 aliphatic carbocycles. The highest BCUT2D eigenvalue weighted by atomic mass is 15.2. The number of hydrogen-bond donors (Lipinski definition) is 1. The molecular weight excluding hydrogens is 210 g/mol. The van der Waals surface area contributed by atoms with E-state index in [1.54, 1.807) is 0 Å². The molecule has 0 spiro atoms.